The first-order chi connectivity index (χ1) is 16.8. The number of hydrogen-bond acceptors (Lipinski definition) is 5. The molecule has 1 saturated carbocycles. The highest BCUT2D eigenvalue weighted by atomic mass is 16.4. The molecule has 5 amide bonds. The molecule has 3 fully saturated rings. The Bertz CT molecular complexity index is 965. The molecule has 0 spiro atoms. The number of piperidine rings is 1. The second kappa shape index (κ2) is 9.79. The number of nitrogens with zero attached hydrogens (tertiary/aromatic N) is 1. The summed E-state index contributed by atoms with van der Waals surface area (Å²) in [5.74, 6) is -2.85. The van der Waals surface area contributed by atoms with Crippen LogP contribution in [-0.4, -0.2) is 76.5 Å². The van der Waals surface area contributed by atoms with Gasteiger partial charge in [0.2, 0.25) is 17.7 Å². The zero-order chi connectivity index (χ0) is 28.1. The van der Waals surface area contributed by atoms with E-state index in [-0.39, 0.29) is 35.5 Å². The molecule has 0 unspecified atom stereocenters. The number of rotatable bonds is 7. The quantitative estimate of drug-likeness (QED) is 0.337. The summed E-state index contributed by atoms with van der Waals surface area (Å²) in [5.41, 5.74) is -1.31. The molecule has 11 nitrogen and oxygen atoms in total. The van der Waals surface area contributed by atoms with Crippen molar-refractivity contribution in [2.45, 2.75) is 91.9 Å². The van der Waals surface area contributed by atoms with Crippen molar-refractivity contribution >= 4 is 29.7 Å². The SMILES string of the molecule is CC(C)(C)NC(=O)N[C@H](C(=O)N1C[C@H]2[C@@H]([C@H]1C(=O)N[C@@H](C[C@@H]1CCNC1=O)C(=O)O)C2(C)C)C(C)(C)C. The number of likely N-dealkylation sites (tertiary alicyclic amines) is 1. The number of amides is 5. The van der Waals surface area contributed by atoms with Crippen LogP contribution >= 0.6 is 0 Å². The minimum Gasteiger partial charge on any atom is -0.480 e. The van der Waals surface area contributed by atoms with Crippen molar-refractivity contribution in [3.63, 3.8) is 0 Å². The lowest BCUT2D eigenvalue weighted by Crippen LogP contribution is -2.62. The molecular formula is C26H43N5O6. The van der Waals surface area contributed by atoms with Crippen LogP contribution in [0.15, 0.2) is 0 Å². The Balaban J connectivity index is 1.81. The molecule has 2 aliphatic heterocycles. The number of aliphatic carboxylic acids is 1. The van der Waals surface area contributed by atoms with Crippen molar-refractivity contribution in [3.05, 3.63) is 0 Å². The second-order valence-electron chi connectivity index (χ2n) is 13.4. The molecule has 0 aromatic carbocycles. The topological polar surface area (TPSA) is 157 Å². The van der Waals surface area contributed by atoms with Gasteiger partial charge >= 0.3 is 12.0 Å². The lowest BCUT2D eigenvalue weighted by molar-refractivity contribution is -0.146. The molecule has 1 aliphatic carbocycles. The average molecular weight is 522 g/mol. The number of carboxylic acid groups (broad SMARTS) is 1. The third-order valence-corrected chi connectivity index (χ3v) is 7.93. The summed E-state index contributed by atoms with van der Waals surface area (Å²) in [4.78, 5) is 65.6. The summed E-state index contributed by atoms with van der Waals surface area (Å²) in [6.07, 6.45) is 0.504. The van der Waals surface area contributed by atoms with E-state index in [9.17, 15) is 29.1 Å². The van der Waals surface area contributed by atoms with Crippen LogP contribution in [0.25, 0.3) is 0 Å². The van der Waals surface area contributed by atoms with Gasteiger partial charge in [0.15, 0.2) is 0 Å². The molecule has 5 N–H and O–H groups in total. The van der Waals surface area contributed by atoms with Crippen LogP contribution in [0.3, 0.4) is 0 Å². The Morgan fingerprint density at radius 3 is 2.22 bits per heavy atom. The summed E-state index contributed by atoms with van der Waals surface area (Å²) >= 11 is 0. The van der Waals surface area contributed by atoms with Crippen LogP contribution < -0.4 is 21.3 Å². The van der Waals surface area contributed by atoms with E-state index in [1.807, 2.05) is 55.4 Å². The fraction of sp³-hybridized carbons (Fsp3) is 0.808. The molecule has 2 heterocycles. The number of hydrogen-bond donors (Lipinski definition) is 5. The number of carbonyl (C=O) groups excluding carboxylic acids is 4. The summed E-state index contributed by atoms with van der Waals surface area (Å²) in [6, 6.07) is -3.48. The molecule has 0 aromatic rings. The summed E-state index contributed by atoms with van der Waals surface area (Å²) < 4.78 is 0. The van der Waals surface area contributed by atoms with E-state index in [2.05, 4.69) is 21.3 Å². The van der Waals surface area contributed by atoms with E-state index in [1.54, 1.807) is 0 Å². The molecule has 3 aliphatic rings. The molecule has 6 atom stereocenters. The lowest BCUT2D eigenvalue weighted by Gasteiger charge is -2.38. The second-order valence-corrected chi connectivity index (χ2v) is 13.4. The van der Waals surface area contributed by atoms with E-state index >= 15 is 0 Å². The Hall–Kier alpha value is -2.85. The normalized spacial score (nSPS) is 28.0. The summed E-state index contributed by atoms with van der Waals surface area (Å²) in [6.45, 7) is 16.0. The first-order valence-electron chi connectivity index (χ1n) is 13.0. The van der Waals surface area contributed by atoms with Crippen molar-refractivity contribution < 1.29 is 29.1 Å². The molecule has 11 heteroatoms. The monoisotopic (exact) mass is 521 g/mol. The van der Waals surface area contributed by atoms with E-state index in [0.29, 0.717) is 19.5 Å². The molecule has 0 radical (unpaired) electrons. The third-order valence-electron chi connectivity index (χ3n) is 7.93. The van der Waals surface area contributed by atoms with Crippen LogP contribution in [0.2, 0.25) is 0 Å². The zero-order valence-corrected chi connectivity index (χ0v) is 23.2. The standard InChI is InChI=1S/C26H43N5O6/c1-24(2,3)18(29-23(37)30-25(4,5)6)21(34)31-12-14-16(26(14,7)8)17(31)20(33)28-15(22(35)36)11-13-9-10-27-19(13)32/h13-18H,9-12H2,1-8H3,(H,27,32)(H,28,33)(H,35,36)(H2,29,30,37)/t13-,14-,15-,16-,17-,18+/m0/s1. The van der Waals surface area contributed by atoms with Crippen LogP contribution in [0.4, 0.5) is 4.79 Å². The highest BCUT2D eigenvalue weighted by Crippen LogP contribution is 2.65. The van der Waals surface area contributed by atoms with Gasteiger partial charge in [-0.3, -0.25) is 14.4 Å². The Kier molecular flexibility index (Phi) is 7.60. The predicted molar refractivity (Wildman–Crippen MR) is 136 cm³/mol. The predicted octanol–water partition coefficient (Wildman–Crippen LogP) is 1.08. The van der Waals surface area contributed by atoms with E-state index in [0.717, 1.165) is 0 Å². The van der Waals surface area contributed by atoms with Crippen LogP contribution in [-0.2, 0) is 19.2 Å². The molecule has 208 valence electrons. The number of nitrogens with one attached hydrogen (secondary N) is 4. The van der Waals surface area contributed by atoms with Crippen LogP contribution in [0.5, 0.6) is 0 Å². The molecule has 0 bridgehead atoms. The van der Waals surface area contributed by atoms with E-state index < -0.39 is 52.9 Å². The van der Waals surface area contributed by atoms with Crippen molar-refractivity contribution in [3.8, 4) is 0 Å². The number of carboxylic acids is 1. The maximum atomic E-state index is 13.9. The van der Waals surface area contributed by atoms with Crippen molar-refractivity contribution in [2.75, 3.05) is 13.1 Å². The number of urea groups is 1. The van der Waals surface area contributed by atoms with Gasteiger partial charge in [-0.1, -0.05) is 34.6 Å². The zero-order valence-electron chi connectivity index (χ0n) is 23.2. The molecular weight excluding hydrogens is 478 g/mol. The fourth-order valence-electron chi connectivity index (χ4n) is 5.77. The maximum Gasteiger partial charge on any atom is 0.326 e. The smallest absolute Gasteiger partial charge is 0.326 e. The van der Waals surface area contributed by atoms with E-state index in [4.69, 9.17) is 0 Å². The van der Waals surface area contributed by atoms with Gasteiger partial charge in [0.25, 0.3) is 0 Å². The minimum atomic E-state index is -1.24. The fourth-order valence-corrected chi connectivity index (χ4v) is 5.77. The highest BCUT2D eigenvalue weighted by Gasteiger charge is 2.70. The first kappa shape index (κ1) is 28.7. The van der Waals surface area contributed by atoms with Crippen LogP contribution in [0.1, 0.15) is 68.2 Å². The Labute approximate surface area is 218 Å². The van der Waals surface area contributed by atoms with E-state index in [1.165, 1.54) is 4.90 Å². The first-order valence-corrected chi connectivity index (χ1v) is 13.0. The van der Waals surface area contributed by atoms with Gasteiger partial charge in [-0.15, -0.1) is 0 Å². The lowest BCUT2D eigenvalue weighted by atomic mass is 9.85. The molecule has 37 heavy (non-hydrogen) atoms. The van der Waals surface area contributed by atoms with Crippen molar-refractivity contribution in [1.29, 1.82) is 0 Å². The van der Waals surface area contributed by atoms with Gasteiger partial charge < -0.3 is 31.3 Å². The molecule has 2 saturated heterocycles. The largest absolute Gasteiger partial charge is 0.480 e. The molecule has 0 aromatic heterocycles. The summed E-state index contributed by atoms with van der Waals surface area (Å²) in [5, 5.41) is 20.7. The van der Waals surface area contributed by atoms with Crippen LogP contribution in [0, 0.1) is 28.6 Å². The van der Waals surface area contributed by atoms with Gasteiger partial charge in [0, 0.05) is 24.5 Å². The van der Waals surface area contributed by atoms with Crippen molar-refractivity contribution in [1.82, 2.24) is 26.2 Å². The van der Waals surface area contributed by atoms with Gasteiger partial charge in [0.1, 0.15) is 18.1 Å². The Morgan fingerprint density at radius 1 is 1.11 bits per heavy atom. The number of carbonyl (C=O) groups is 5. The average Bonchev–Trinajstić information content (AvgIpc) is 3.08. The third kappa shape index (κ3) is 6.18. The number of fused-ring (bicyclic) bond motifs is 1. The van der Waals surface area contributed by atoms with Crippen molar-refractivity contribution in [2.24, 2.45) is 28.6 Å². The Morgan fingerprint density at radius 2 is 1.73 bits per heavy atom. The van der Waals surface area contributed by atoms with Gasteiger partial charge in [0.05, 0.1) is 0 Å². The maximum absolute atomic E-state index is 13.9. The highest BCUT2D eigenvalue weighted by molar-refractivity contribution is 5.95. The minimum absolute atomic E-state index is 0.00971. The molecule has 3 rings (SSSR count). The van der Waals surface area contributed by atoms with Gasteiger partial charge in [-0.25, -0.2) is 9.59 Å². The van der Waals surface area contributed by atoms with Gasteiger partial charge in [-0.05, 0) is 56.3 Å². The van der Waals surface area contributed by atoms with Gasteiger partial charge in [-0.2, -0.15) is 0 Å². The summed E-state index contributed by atoms with van der Waals surface area (Å²) in [7, 11) is 0.